The minimum absolute atomic E-state index is 0.0898. The number of carbonyl (C=O) groups is 5. The molecule has 0 amide bonds. The molecule has 0 aliphatic heterocycles. The van der Waals surface area contributed by atoms with Crippen LogP contribution in [0.5, 0.6) is 0 Å². The first-order chi connectivity index (χ1) is 56.6. The van der Waals surface area contributed by atoms with Crippen molar-refractivity contribution in [1.82, 2.24) is 0 Å². The average molecular weight is 2150 g/mol. The van der Waals surface area contributed by atoms with E-state index >= 15 is 0 Å². The number of ketones is 1. The molecule has 1 saturated carbocycles. The van der Waals surface area contributed by atoms with E-state index < -0.39 is 54.8 Å². The number of ether oxygens (including phenoxy) is 4. The van der Waals surface area contributed by atoms with Crippen molar-refractivity contribution in [2.45, 2.75) is 116 Å². The van der Waals surface area contributed by atoms with E-state index in [1.165, 1.54) is 25.5 Å². The molecule has 0 heterocycles. The fraction of sp³-hybridized carbons (Fsp3) is 0.314. The highest BCUT2D eigenvalue weighted by molar-refractivity contribution is 9.11. The van der Waals surface area contributed by atoms with Crippen LogP contribution in [0.3, 0.4) is 0 Å². The summed E-state index contributed by atoms with van der Waals surface area (Å²) in [6.07, 6.45) is 12.2. The van der Waals surface area contributed by atoms with Crippen LogP contribution < -0.4 is 0 Å². The van der Waals surface area contributed by atoms with E-state index in [0.717, 1.165) is 100 Å². The van der Waals surface area contributed by atoms with Gasteiger partial charge in [-0.25, -0.2) is 9.59 Å². The number of aldehydes is 1. The van der Waals surface area contributed by atoms with Crippen LogP contribution in [-0.4, -0.2) is 143 Å². The van der Waals surface area contributed by atoms with Crippen LogP contribution in [0.1, 0.15) is 136 Å². The summed E-state index contributed by atoms with van der Waals surface area (Å²) in [5, 5.41) is 63.4. The molecule has 8 rings (SSSR count). The monoisotopic (exact) mass is 2140 g/mol. The van der Waals surface area contributed by atoms with Gasteiger partial charge in [0, 0.05) is 92.0 Å². The zero-order chi connectivity index (χ0) is 90.2. The highest BCUT2D eigenvalue weighted by Gasteiger charge is 2.38. The van der Waals surface area contributed by atoms with Crippen molar-refractivity contribution in [2.75, 3.05) is 58.1 Å². The van der Waals surface area contributed by atoms with Gasteiger partial charge in [-0.1, -0.05) is 269 Å². The zero-order valence-corrected chi connectivity index (χ0v) is 78.7. The van der Waals surface area contributed by atoms with E-state index in [4.69, 9.17) is 53.6 Å². The van der Waals surface area contributed by atoms with Crippen molar-refractivity contribution in [3.63, 3.8) is 0 Å². The second-order valence-electron chi connectivity index (χ2n) is 23.3. The Labute approximate surface area is 763 Å². The van der Waals surface area contributed by atoms with E-state index in [1.54, 1.807) is 80.6 Å². The first-order valence-corrected chi connectivity index (χ1v) is 42.8. The quantitative estimate of drug-likeness (QED) is 0.00338. The molecular weight excluding hydrogens is 2040 g/mol. The fourth-order valence-corrected chi connectivity index (χ4v) is 11.5. The van der Waals surface area contributed by atoms with E-state index in [9.17, 15) is 62.7 Å². The molecule has 1 aliphatic carbocycles. The molecule has 0 spiro atoms. The van der Waals surface area contributed by atoms with Gasteiger partial charge >= 0.3 is 24.1 Å². The van der Waals surface area contributed by atoms with Gasteiger partial charge in [-0.15, -0.1) is 29.8 Å². The molecule has 21 nitrogen and oxygen atoms in total. The summed E-state index contributed by atoms with van der Waals surface area (Å²) in [7, 11) is 0. The van der Waals surface area contributed by atoms with Gasteiger partial charge in [0.25, 0.3) is 0 Å². The van der Waals surface area contributed by atoms with Gasteiger partial charge in [0.1, 0.15) is 25.1 Å². The van der Waals surface area contributed by atoms with Gasteiger partial charge in [0.2, 0.25) is 5.78 Å². The first-order valence-electron chi connectivity index (χ1n) is 36.2. The van der Waals surface area contributed by atoms with Crippen molar-refractivity contribution < 1.29 is 86.7 Å². The lowest BCUT2D eigenvalue weighted by Crippen LogP contribution is -2.27. The Balaban J connectivity index is -0.00000127. The fourth-order valence-electron chi connectivity index (χ4n) is 8.58. The molecule has 0 radical (unpaired) electrons. The number of benzene rings is 7. The number of hydrogen-bond donors (Lipinski definition) is 6. The summed E-state index contributed by atoms with van der Waals surface area (Å²) in [5.41, 5.74) is 21.4. The van der Waals surface area contributed by atoms with Crippen LogP contribution >= 0.6 is 135 Å². The van der Waals surface area contributed by atoms with Crippen molar-refractivity contribution in [2.24, 2.45) is 10.2 Å². The SMILES string of the molecule is C=CC(=O)OCC.C=CC1(O)CCCCC1.CC(=O)OC/C=C/c1cccc(Br)c1.CCOC(=O)/C=C/c1cccc(Br)c1.CCOCC.ClCCl.O=C(CC[C@H](O)[C@@H](O)c1cccc(Br)c1)C(F)(F)F.O=Cc1cccc(Br)c1.OC/C=C/c1cccc(Br)c1.[N-]=[N+]=NC/C=C/c1cccc(Br)c1.[N-]=[N+]=NC[C@H](O)[C@@H](O)c1cccc(Br)c1. The number of aliphatic hydroxyl groups excluding tert-OH is 5. The maximum Gasteiger partial charge on any atom is 0.449 e. The second-order valence-corrected chi connectivity index (χ2v) is 30.5. The lowest BCUT2D eigenvalue weighted by atomic mass is 9.85. The largest absolute Gasteiger partial charge is 0.463 e. The summed E-state index contributed by atoms with van der Waals surface area (Å²) >= 11 is 32.7. The molecule has 7 aromatic carbocycles. The highest BCUT2D eigenvalue weighted by Crippen LogP contribution is 2.29. The molecule has 1 fully saturated rings. The first kappa shape index (κ1) is 116. The summed E-state index contributed by atoms with van der Waals surface area (Å²) in [4.78, 5) is 57.5. The maximum absolute atomic E-state index is 12.0. The van der Waals surface area contributed by atoms with Crippen molar-refractivity contribution in [3.05, 3.63) is 311 Å². The Kier molecular flexibility index (Phi) is 72.7. The lowest BCUT2D eigenvalue weighted by Gasteiger charge is -2.28. The average Bonchev–Trinajstić information content (AvgIpc) is 0.880. The second kappa shape index (κ2) is 74.6. The lowest BCUT2D eigenvalue weighted by molar-refractivity contribution is -0.171. The van der Waals surface area contributed by atoms with Crippen LogP contribution in [0.15, 0.2) is 261 Å². The number of carbonyl (C=O) groups excluding carboxylic acids is 5. The van der Waals surface area contributed by atoms with Gasteiger partial charge < -0.3 is 49.6 Å². The van der Waals surface area contributed by atoms with Crippen LogP contribution in [0.4, 0.5) is 13.2 Å². The van der Waals surface area contributed by atoms with Crippen LogP contribution in [0.25, 0.3) is 45.2 Å². The van der Waals surface area contributed by atoms with Crippen molar-refractivity contribution in [3.8, 4) is 0 Å². The minimum Gasteiger partial charge on any atom is -0.463 e. The Morgan fingerprint density at radius 1 is 0.546 bits per heavy atom. The third kappa shape index (κ3) is 66.2. The minimum atomic E-state index is -4.90. The number of rotatable bonds is 26. The third-order valence-corrected chi connectivity index (χ3v) is 17.6. The number of halogens is 12. The van der Waals surface area contributed by atoms with Gasteiger partial charge in [-0.3, -0.25) is 14.4 Å². The third-order valence-electron chi connectivity index (χ3n) is 14.1. The van der Waals surface area contributed by atoms with Crippen LogP contribution in [-0.2, 0) is 38.1 Å². The summed E-state index contributed by atoms with van der Waals surface area (Å²) in [6.45, 7) is 18.9. The predicted octanol–water partition coefficient (Wildman–Crippen LogP) is 24.5. The molecule has 4 atom stereocenters. The molecule has 6 N–H and O–H groups in total. The van der Waals surface area contributed by atoms with E-state index in [1.807, 2.05) is 159 Å². The Morgan fingerprint density at radius 2 is 0.924 bits per heavy atom. The molecular formula is C86H100Br7Cl2F3N6O15. The topological polar surface area (TPSA) is 341 Å². The zero-order valence-electron chi connectivity index (χ0n) is 66.1. The number of Topliss-reactive ketones (excluding diaryl/α,β-unsaturated/α-hetero) is 1. The summed E-state index contributed by atoms with van der Waals surface area (Å²) in [5.74, 6) is -2.84. The molecule has 0 saturated heterocycles. The van der Waals surface area contributed by atoms with Crippen molar-refractivity contribution in [1.29, 1.82) is 0 Å². The predicted molar refractivity (Wildman–Crippen MR) is 495 cm³/mol. The maximum atomic E-state index is 12.0. The van der Waals surface area contributed by atoms with Crippen LogP contribution in [0, 0.1) is 0 Å². The number of hydrogen-bond acceptors (Lipinski definition) is 17. The smallest absolute Gasteiger partial charge is 0.449 e. The Hall–Kier alpha value is -7.20. The molecule has 33 heteroatoms. The van der Waals surface area contributed by atoms with Gasteiger partial charge in [-0.05, 0) is 188 Å². The highest BCUT2D eigenvalue weighted by atomic mass is 79.9. The summed E-state index contributed by atoms with van der Waals surface area (Å²) < 4.78 is 61.2. The Morgan fingerprint density at radius 3 is 1.25 bits per heavy atom. The molecule has 0 aromatic heterocycles. The van der Waals surface area contributed by atoms with E-state index in [2.05, 4.69) is 149 Å². The number of nitrogens with zero attached hydrogens (tertiary/aromatic N) is 6. The summed E-state index contributed by atoms with van der Waals surface area (Å²) in [6, 6.07) is 52.0. The molecule has 7 aromatic rings. The number of aliphatic hydroxyl groups is 6. The molecule has 0 bridgehead atoms. The van der Waals surface area contributed by atoms with Gasteiger partial charge in [0.15, 0.2) is 0 Å². The molecule has 1 aliphatic rings. The Bertz CT molecular complexity index is 4250. The van der Waals surface area contributed by atoms with Crippen LogP contribution in [0.2, 0.25) is 0 Å². The number of esters is 3. The normalized spacial score (nSPS) is 12.3. The van der Waals surface area contributed by atoms with E-state index in [-0.39, 0.29) is 36.4 Å². The standard InChI is InChI=1S/C12H12BrF3O3.2C11H11BrO2.C9H10BrN3O2.C9H8BrN3.C9H9BrO.C8H14O.C7H5BrO.C5H8O2.C4H10O.CH2Cl2/c13-8-3-1-2-7(6-8)11(19)9(17)4-5-10(18)12(14,15)16;1-9(13)14-7-3-5-10-4-2-6-11(12)8-10;1-2-14-11(13)7-6-9-4-3-5-10(12)8-9;10-7-3-1-2-6(4-7)9(15)8(14)5-12-13-11;10-9-5-1-3-8(7-9)4-2-6-12-13-11;10-9-5-1-3-8(7-9)4-2-6-11;1-2-8(9)6-4-3-5-7-8;8-7-3-1-2-6(4-7)5-9;1-3-5(6)7-4-2;1-3-5-4-2;2-1-3/h1-3,6,9,11,17,19H,4-5H2;2-6,8H,7H2,1H3;3-8H,2H2,1H3;1-4,8-9,14-15H,5H2;1-5,7H,6H2;1-5,7,11H,6H2;2,9H,1,3-7H2;1-5H;3H,1,4H2,2H3;3-4H2,1-2H3;1H2/b;5-3+;7-6+;;2*4-2+;;;;;/t9-,11-;;;8-,9-;;;;;;;/m0..0......./s1. The van der Waals surface area contributed by atoms with E-state index in [0.29, 0.717) is 47.5 Å². The number of alkyl halides is 5. The molecule has 0 unspecified atom stereocenters. The van der Waals surface area contributed by atoms with Crippen molar-refractivity contribution >= 4 is 189 Å². The molecule has 648 valence electrons. The number of azide groups is 2. The van der Waals surface area contributed by atoms with Gasteiger partial charge in [-0.2, -0.15) is 13.2 Å². The van der Waals surface area contributed by atoms with Gasteiger partial charge in [0.05, 0.1) is 49.5 Å². The molecule has 119 heavy (non-hydrogen) atoms.